The number of aromatic nitrogens is 2. The van der Waals surface area contributed by atoms with Gasteiger partial charge in [-0.25, -0.2) is 4.98 Å². The molecule has 0 aliphatic carbocycles. The normalized spacial score (nSPS) is 11.3. The Morgan fingerprint density at radius 1 is 1.29 bits per heavy atom. The first-order chi connectivity index (χ1) is 9.81. The summed E-state index contributed by atoms with van der Waals surface area (Å²) >= 11 is 5.79. The second-order valence-electron chi connectivity index (χ2n) is 3.87. The van der Waals surface area contributed by atoms with Gasteiger partial charge in [0.1, 0.15) is 16.3 Å². The predicted octanol–water partition coefficient (Wildman–Crippen LogP) is 3.53. The van der Waals surface area contributed by atoms with E-state index in [0.717, 1.165) is 18.3 Å². The molecule has 21 heavy (non-hydrogen) atoms. The van der Waals surface area contributed by atoms with Crippen LogP contribution in [0, 0.1) is 0 Å². The number of hydrogen-bond donors (Lipinski definition) is 1. The van der Waals surface area contributed by atoms with Gasteiger partial charge in [0.2, 0.25) is 5.88 Å². The van der Waals surface area contributed by atoms with Crippen molar-refractivity contribution in [1.82, 2.24) is 9.97 Å². The van der Waals surface area contributed by atoms with E-state index in [-0.39, 0.29) is 22.6 Å². The molecule has 0 fully saturated rings. The first kappa shape index (κ1) is 15.2. The molecule has 0 aliphatic heterocycles. The molecule has 0 bridgehead atoms. The van der Waals surface area contributed by atoms with E-state index in [1.54, 1.807) is 0 Å². The third kappa shape index (κ3) is 3.46. The first-order valence-electron chi connectivity index (χ1n) is 5.52. The highest BCUT2D eigenvalue weighted by atomic mass is 35.5. The second-order valence-corrected chi connectivity index (χ2v) is 4.27. The molecule has 5 nitrogen and oxygen atoms in total. The number of rotatable bonds is 3. The van der Waals surface area contributed by atoms with Crippen LogP contribution in [0.2, 0.25) is 5.02 Å². The average Bonchev–Trinajstić information content (AvgIpc) is 2.42. The van der Waals surface area contributed by atoms with E-state index in [0.29, 0.717) is 0 Å². The summed E-state index contributed by atoms with van der Waals surface area (Å²) in [6.45, 7) is 0. The van der Waals surface area contributed by atoms with Crippen molar-refractivity contribution in [3.63, 3.8) is 0 Å². The third-order valence-electron chi connectivity index (χ3n) is 2.39. The van der Waals surface area contributed by atoms with Gasteiger partial charge in [-0.05, 0) is 18.2 Å². The average molecular weight is 320 g/mol. The predicted molar refractivity (Wildman–Crippen MR) is 69.5 cm³/mol. The fraction of sp³-hybridized carbons (Fsp3) is 0.167. The van der Waals surface area contributed by atoms with Crippen LogP contribution >= 0.6 is 11.6 Å². The standard InChI is InChI=1S/C12H9ClF3N3O2/c1-20-11-18-5-8(13)10(19-11)21-9-3-2-6(17)4-7(9)12(14,15)16/h2-5H,17H2,1H3. The number of halogens is 4. The number of methoxy groups -OCH3 is 1. The Bertz CT molecular complexity index is 665. The lowest BCUT2D eigenvalue weighted by Gasteiger charge is -2.14. The molecular formula is C12H9ClF3N3O2. The van der Waals surface area contributed by atoms with Crippen molar-refractivity contribution in [2.24, 2.45) is 0 Å². The van der Waals surface area contributed by atoms with Crippen LogP contribution in [0.1, 0.15) is 5.56 Å². The second kappa shape index (κ2) is 5.65. The van der Waals surface area contributed by atoms with Crippen LogP contribution in [0.15, 0.2) is 24.4 Å². The van der Waals surface area contributed by atoms with Gasteiger partial charge in [-0.3, -0.25) is 0 Å². The lowest BCUT2D eigenvalue weighted by molar-refractivity contribution is -0.138. The molecule has 1 aromatic carbocycles. The highest BCUT2D eigenvalue weighted by Gasteiger charge is 2.35. The van der Waals surface area contributed by atoms with E-state index in [9.17, 15) is 13.2 Å². The van der Waals surface area contributed by atoms with Gasteiger partial charge in [-0.1, -0.05) is 11.6 Å². The molecule has 0 radical (unpaired) electrons. The van der Waals surface area contributed by atoms with Crippen LogP contribution in [-0.2, 0) is 6.18 Å². The lowest BCUT2D eigenvalue weighted by atomic mass is 10.1. The Kier molecular flexibility index (Phi) is 4.08. The molecule has 0 atom stereocenters. The molecule has 1 heterocycles. The highest BCUT2D eigenvalue weighted by Crippen LogP contribution is 2.40. The molecule has 0 unspecified atom stereocenters. The Hall–Kier alpha value is -2.22. The molecule has 112 valence electrons. The van der Waals surface area contributed by atoms with Crippen molar-refractivity contribution < 1.29 is 22.6 Å². The smallest absolute Gasteiger partial charge is 0.420 e. The molecule has 2 aromatic rings. The summed E-state index contributed by atoms with van der Waals surface area (Å²) in [7, 11) is 1.30. The third-order valence-corrected chi connectivity index (χ3v) is 2.65. The van der Waals surface area contributed by atoms with Crippen LogP contribution in [0.25, 0.3) is 0 Å². The van der Waals surface area contributed by atoms with Gasteiger partial charge in [0, 0.05) is 5.69 Å². The monoisotopic (exact) mass is 319 g/mol. The van der Waals surface area contributed by atoms with Crippen LogP contribution in [0.3, 0.4) is 0 Å². The highest BCUT2D eigenvalue weighted by molar-refractivity contribution is 6.31. The van der Waals surface area contributed by atoms with Gasteiger partial charge < -0.3 is 15.2 Å². The van der Waals surface area contributed by atoms with E-state index in [1.165, 1.54) is 13.2 Å². The molecular weight excluding hydrogens is 311 g/mol. The van der Waals surface area contributed by atoms with Gasteiger partial charge in [0.15, 0.2) is 0 Å². The van der Waals surface area contributed by atoms with Crippen LogP contribution in [0.5, 0.6) is 17.6 Å². The molecule has 1 aromatic heterocycles. The zero-order valence-corrected chi connectivity index (χ0v) is 11.4. The number of nitrogen functional groups attached to an aromatic ring is 1. The molecule has 0 saturated carbocycles. The SMILES string of the molecule is COc1ncc(Cl)c(Oc2ccc(N)cc2C(F)(F)F)n1. The number of nitrogens with two attached hydrogens (primary N) is 1. The minimum Gasteiger partial charge on any atom is -0.467 e. The number of alkyl halides is 3. The van der Waals surface area contributed by atoms with E-state index >= 15 is 0 Å². The van der Waals surface area contributed by atoms with Crippen molar-refractivity contribution in [2.75, 3.05) is 12.8 Å². The number of benzene rings is 1. The van der Waals surface area contributed by atoms with Gasteiger partial charge in [-0.15, -0.1) is 0 Å². The topological polar surface area (TPSA) is 70.3 Å². The molecule has 0 spiro atoms. The van der Waals surface area contributed by atoms with Crippen molar-refractivity contribution >= 4 is 17.3 Å². The summed E-state index contributed by atoms with van der Waals surface area (Å²) in [6, 6.07) is 3.04. The molecule has 0 aliphatic rings. The van der Waals surface area contributed by atoms with Gasteiger partial charge in [0.25, 0.3) is 0 Å². The summed E-state index contributed by atoms with van der Waals surface area (Å²) in [5.74, 6) is -0.724. The molecule has 0 saturated heterocycles. The molecule has 2 N–H and O–H groups in total. The minimum absolute atomic E-state index is 0.0407. The van der Waals surface area contributed by atoms with Crippen molar-refractivity contribution in [2.45, 2.75) is 6.18 Å². The largest absolute Gasteiger partial charge is 0.467 e. The summed E-state index contributed by atoms with van der Waals surface area (Å²) in [5, 5.41) is -0.0549. The minimum atomic E-state index is -4.63. The van der Waals surface area contributed by atoms with E-state index in [2.05, 4.69) is 9.97 Å². The maximum Gasteiger partial charge on any atom is 0.420 e. The zero-order chi connectivity index (χ0) is 15.6. The lowest BCUT2D eigenvalue weighted by Crippen LogP contribution is -2.08. The van der Waals surface area contributed by atoms with Gasteiger partial charge in [-0.2, -0.15) is 18.2 Å². The molecule has 0 amide bonds. The fourth-order valence-electron chi connectivity index (χ4n) is 1.47. The number of ether oxygens (including phenoxy) is 2. The van der Waals surface area contributed by atoms with Crippen molar-refractivity contribution in [1.29, 1.82) is 0 Å². The summed E-state index contributed by atoms with van der Waals surface area (Å²) in [6.07, 6.45) is -3.47. The number of anilines is 1. The molecule has 9 heteroatoms. The number of nitrogens with zero attached hydrogens (tertiary/aromatic N) is 2. The van der Waals surface area contributed by atoms with Gasteiger partial charge in [0.05, 0.1) is 13.3 Å². The zero-order valence-electron chi connectivity index (χ0n) is 10.6. The summed E-state index contributed by atoms with van der Waals surface area (Å²) in [4.78, 5) is 7.44. The van der Waals surface area contributed by atoms with Crippen molar-refractivity contribution in [3.8, 4) is 17.6 Å². The Morgan fingerprint density at radius 2 is 2.00 bits per heavy atom. The molecule has 2 rings (SSSR count). The Morgan fingerprint density at radius 3 is 2.62 bits per heavy atom. The Balaban J connectivity index is 2.45. The van der Waals surface area contributed by atoms with Crippen LogP contribution < -0.4 is 15.2 Å². The quantitative estimate of drug-likeness (QED) is 0.876. The van der Waals surface area contributed by atoms with E-state index < -0.39 is 17.5 Å². The van der Waals surface area contributed by atoms with Crippen molar-refractivity contribution in [3.05, 3.63) is 35.0 Å². The first-order valence-corrected chi connectivity index (χ1v) is 5.90. The van der Waals surface area contributed by atoms with Crippen LogP contribution in [0.4, 0.5) is 18.9 Å². The summed E-state index contributed by atoms with van der Waals surface area (Å²) < 4.78 is 48.7. The van der Waals surface area contributed by atoms with E-state index in [4.69, 9.17) is 26.8 Å². The van der Waals surface area contributed by atoms with Crippen LogP contribution in [-0.4, -0.2) is 17.1 Å². The summed E-state index contributed by atoms with van der Waals surface area (Å²) in [5.41, 5.74) is 4.29. The number of hydrogen-bond acceptors (Lipinski definition) is 5. The Labute approximate surface area is 122 Å². The maximum atomic E-state index is 13.0. The maximum absolute atomic E-state index is 13.0. The fourth-order valence-corrected chi connectivity index (χ4v) is 1.60. The van der Waals surface area contributed by atoms with E-state index in [1.807, 2.05) is 0 Å². The van der Waals surface area contributed by atoms with Gasteiger partial charge >= 0.3 is 12.2 Å².